The molecule has 1 heterocycles. The number of hydrogen-bond donors (Lipinski definition) is 1. The van der Waals surface area contributed by atoms with Crippen LogP contribution in [0.5, 0.6) is 0 Å². The maximum atomic E-state index is 4.98. The molecule has 2 atom stereocenters. The van der Waals surface area contributed by atoms with E-state index < -0.39 is 0 Å². The smallest absolute Gasteiger partial charge is 0.0966 e. The minimum absolute atomic E-state index is 0.688. The lowest BCUT2D eigenvalue weighted by atomic mass is 10.0. The lowest BCUT2D eigenvalue weighted by molar-refractivity contribution is 0.520. The molecule has 1 fully saturated rings. The molecule has 3 rings (SSSR count). The minimum atomic E-state index is 0.688. The van der Waals surface area contributed by atoms with E-state index >= 15 is 0 Å². The first-order valence-electron chi connectivity index (χ1n) is 8.01. The molecule has 0 bridgehead atoms. The van der Waals surface area contributed by atoms with Gasteiger partial charge in [0.05, 0.1) is 15.6 Å². The summed E-state index contributed by atoms with van der Waals surface area (Å²) in [5.41, 5.74) is 2.51. The van der Waals surface area contributed by atoms with Crippen LogP contribution in [0.2, 0.25) is 0 Å². The number of aromatic nitrogens is 1. The first kappa shape index (κ1) is 14.7. The normalized spacial score (nSPS) is 21.8. The van der Waals surface area contributed by atoms with Crippen molar-refractivity contribution in [2.24, 2.45) is 5.92 Å². The summed E-state index contributed by atoms with van der Waals surface area (Å²) in [7, 11) is 2.00. The molecule has 3 heteroatoms. The maximum absolute atomic E-state index is 4.98. The van der Waals surface area contributed by atoms with E-state index in [1.165, 1.54) is 46.8 Å². The lowest BCUT2D eigenvalue weighted by Crippen LogP contribution is -2.06. The molecule has 21 heavy (non-hydrogen) atoms. The fourth-order valence-corrected chi connectivity index (χ4v) is 4.55. The molecule has 0 amide bonds. The molecule has 0 aliphatic heterocycles. The predicted octanol–water partition coefficient (Wildman–Crippen LogP) is 4.82. The third-order valence-corrected chi connectivity index (χ3v) is 5.87. The van der Waals surface area contributed by atoms with Crippen molar-refractivity contribution in [2.75, 3.05) is 7.05 Å². The van der Waals surface area contributed by atoms with E-state index in [2.05, 4.69) is 42.6 Å². The molecule has 0 saturated heterocycles. The van der Waals surface area contributed by atoms with Crippen LogP contribution in [0.4, 0.5) is 0 Å². The van der Waals surface area contributed by atoms with E-state index in [0.29, 0.717) is 5.92 Å². The van der Waals surface area contributed by atoms with Gasteiger partial charge in [0.25, 0.3) is 0 Å². The molecule has 1 N–H and O–H groups in total. The highest BCUT2D eigenvalue weighted by Crippen LogP contribution is 2.43. The molecule has 0 radical (unpaired) electrons. The summed E-state index contributed by atoms with van der Waals surface area (Å²) in [6.07, 6.45) is 5.34. The summed E-state index contributed by atoms with van der Waals surface area (Å²) in [6.45, 7) is 3.17. The van der Waals surface area contributed by atoms with E-state index in [0.717, 1.165) is 12.5 Å². The molecule has 1 aromatic heterocycles. The van der Waals surface area contributed by atoms with E-state index in [9.17, 15) is 0 Å². The summed E-state index contributed by atoms with van der Waals surface area (Å²) >= 11 is 1.91. The van der Waals surface area contributed by atoms with E-state index in [-0.39, 0.29) is 0 Å². The van der Waals surface area contributed by atoms with Gasteiger partial charge in [0.15, 0.2) is 0 Å². The van der Waals surface area contributed by atoms with Gasteiger partial charge in [-0.2, -0.15) is 0 Å². The predicted molar refractivity (Wildman–Crippen MR) is 90.7 cm³/mol. The topological polar surface area (TPSA) is 24.9 Å². The van der Waals surface area contributed by atoms with Crippen molar-refractivity contribution in [3.63, 3.8) is 0 Å². The van der Waals surface area contributed by atoms with Gasteiger partial charge in [-0.25, -0.2) is 4.98 Å². The minimum Gasteiger partial charge on any atom is -0.314 e. The monoisotopic (exact) mass is 300 g/mol. The molecule has 1 saturated carbocycles. The Hall–Kier alpha value is -1.19. The first-order valence-corrected chi connectivity index (χ1v) is 8.83. The van der Waals surface area contributed by atoms with Crippen molar-refractivity contribution in [1.82, 2.24) is 10.3 Å². The van der Waals surface area contributed by atoms with Gasteiger partial charge in [0.1, 0.15) is 0 Å². The summed E-state index contributed by atoms with van der Waals surface area (Å²) in [4.78, 5) is 6.33. The number of rotatable bonds is 5. The van der Waals surface area contributed by atoms with Crippen LogP contribution in [0.25, 0.3) is 10.4 Å². The Labute approximate surface area is 131 Å². The van der Waals surface area contributed by atoms with Crippen LogP contribution in [0.15, 0.2) is 30.3 Å². The summed E-state index contributed by atoms with van der Waals surface area (Å²) in [6, 6.07) is 10.7. The molecule has 2 unspecified atom stereocenters. The van der Waals surface area contributed by atoms with Crippen LogP contribution in [0.3, 0.4) is 0 Å². The van der Waals surface area contributed by atoms with Crippen LogP contribution < -0.4 is 5.32 Å². The van der Waals surface area contributed by atoms with Crippen molar-refractivity contribution in [3.05, 3.63) is 41.0 Å². The zero-order chi connectivity index (χ0) is 14.7. The quantitative estimate of drug-likeness (QED) is 0.856. The second-order valence-electron chi connectivity index (χ2n) is 6.01. The van der Waals surface area contributed by atoms with Gasteiger partial charge in [0.2, 0.25) is 0 Å². The van der Waals surface area contributed by atoms with Crippen LogP contribution in [0, 0.1) is 5.92 Å². The van der Waals surface area contributed by atoms with Gasteiger partial charge in [0, 0.05) is 12.5 Å². The Morgan fingerprint density at radius 2 is 2.05 bits per heavy atom. The standard InChI is InChI=1S/C18H24N2S/c1-3-13-9-10-15(11-13)18-20-16(12-19-2)17(21-18)14-7-5-4-6-8-14/h4-8,13,15,19H,3,9-12H2,1-2H3. The molecule has 1 aliphatic rings. The lowest BCUT2D eigenvalue weighted by Gasteiger charge is -2.06. The van der Waals surface area contributed by atoms with Crippen molar-refractivity contribution in [3.8, 4) is 10.4 Å². The fourth-order valence-electron chi connectivity index (χ4n) is 3.32. The molecule has 112 valence electrons. The Kier molecular flexibility index (Phi) is 4.71. The summed E-state index contributed by atoms with van der Waals surface area (Å²) in [5, 5.41) is 4.62. The highest BCUT2D eigenvalue weighted by Gasteiger charge is 2.28. The van der Waals surface area contributed by atoms with Gasteiger partial charge < -0.3 is 5.32 Å². The van der Waals surface area contributed by atoms with Crippen LogP contribution in [-0.2, 0) is 6.54 Å². The van der Waals surface area contributed by atoms with Gasteiger partial charge in [-0.15, -0.1) is 11.3 Å². The molecular formula is C18H24N2S. The Bertz CT molecular complexity index is 576. The van der Waals surface area contributed by atoms with Crippen molar-refractivity contribution < 1.29 is 0 Å². The van der Waals surface area contributed by atoms with E-state index in [1.807, 2.05) is 18.4 Å². The van der Waals surface area contributed by atoms with Crippen LogP contribution >= 0.6 is 11.3 Å². The zero-order valence-electron chi connectivity index (χ0n) is 12.9. The number of nitrogens with one attached hydrogen (secondary N) is 1. The number of thiazole rings is 1. The molecule has 0 spiro atoms. The molecule has 2 nitrogen and oxygen atoms in total. The molecule has 1 aromatic carbocycles. The van der Waals surface area contributed by atoms with Gasteiger partial charge in [-0.1, -0.05) is 43.7 Å². The molecule has 1 aliphatic carbocycles. The van der Waals surface area contributed by atoms with Gasteiger partial charge in [-0.05, 0) is 37.8 Å². The number of hydrogen-bond acceptors (Lipinski definition) is 3. The fraction of sp³-hybridized carbons (Fsp3) is 0.500. The Morgan fingerprint density at radius 3 is 2.71 bits per heavy atom. The van der Waals surface area contributed by atoms with Crippen LogP contribution in [0.1, 0.15) is 49.2 Å². The van der Waals surface area contributed by atoms with E-state index in [4.69, 9.17) is 4.98 Å². The second-order valence-corrected chi connectivity index (χ2v) is 7.04. The highest BCUT2D eigenvalue weighted by molar-refractivity contribution is 7.15. The van der Waals surface area contributed by atoms with Crippen molar-refractivity contribution in [2.45, 2.75) is 45.1 Å². The summed E-state index contributed by atoms with van der Waals surface area (Å²) < 4.78 is 0. The number of benzene rings is 1. The molecular weight excluding hydrogens is 276 g/mol. The van der Waals surface area contributed by atoms with Crippen LogP contribution in [-0.4, -0.2) is 12.0 Å². The van der Waals surface area contributed by atoms with E-state index in [1.54, 1.807) is 0 Å². The van der Waals surface area contributed by atoms with Crippen molar-refractivity contribution >= 4 is 11.3 Å². The first-order chi connectivity index (χ1) is 10.3. The average Bonchev–Trinajstić information content (AvgIpc) is 3.15. The van der Waals surface area contributed by atoms with Crippen molar-refractivity contribution in [1.29, 1.82) is 0 Å². The average molecular weight is 300 g/mol. The third-order valence-electron chi connectivity index (χ3n) is 4.56. The van der Waals surface area contributed by atoms with Gasteiger partial charge >= 0.3 is 0 Å². The number of nitrogens with zero attached hydrogens (tertiary/aromatic N) is 1. The molecule has 2 aromatic rings. The third kappa shape index (κ3) is 3.19. The summed E-state index contributed by atoms with van der Waals surface area (Å²) in [5.74, 6) is 1.60. The second kappa shape index (κ2) is 6.71. The Balaban J connectivity index is 1.90. The highest BCUT2D eigenvalue weighted by atomic mass is 32.1. The Morgan fingerprint density at radius 1 is 1.24 bits per heavy atom. The van der Waals surface area contributed by atoms with Gasteiger partial charge in [-0.3, -0.25) is 0 Å². The largest absolute Gasteiger partial charge is 0.314 e. The SMILES string of the molecule is CCC1CCC(c2nc(CNC)c(-c3ccccc3)s2)C1. The zero-order valence-corrected chi connectivity index (χ0v) is 13.7. The maximum Gasteiger partial charge on any atom is 0.0966 e.